The van der Waals surface area contributed by atoms with Gasteiger partial charge in [0.15, 0.2) is 0 Å². The molecule has 0 aromatic heterocycles. The fourth-order valence-corrected chi connectivity index (χ4v) is 3.08. The van der Waals surface area contributed by atoms with Gasteiger partial charge in [0.2, 0.25) is 5.91 Å². The summed E-state index contributed by atoms with van der Waals surface area (Å²) in [6.07, 6.45) is 3.79. The predicted molar refractivity (Wildman–Crippen MR) is 82.2 cm³/mol. The van der Waals surface area contributed by atoms with Crippen molar-refractivity contribution in [3.05, 3.63) is 35.9 Å². The van der Waals surface area contributed by atoms with Gasteiger partial charge in [-0.1, -0.05) is 44.2 Å². The van der Waals surface area contributed by atoms with Crippen LogP contribution in [0.3, 0.4) is 0 Å². The van der Waals surface area contributed by atoms with E-state index in [1.165, 1.54) is 0 Å². The van der Waals surface area contributed by atoms with Crippen molar-refractivity contribution in [3.8, 4) is 0 Å². The molecule has 1 fully saturated rings. The van der Waals surface area contributed by atoms with E-state index >= 15 is 0 Å². The van der Waals surface area contributed by atoms with Crippen LogP contribution in [0, 0.1) is 5.92 Å². The number of carbonyl (C=O) groups is 1. The van der Waals surface area contributed by atoms with Crippen molar-refractivity contribution in [3.63, 3.8) is 0 Å². The molecule has 2 rings (SSSR count). The van der Waals surface area contributed by atoms with E-state index in [1.54, 1.807) is 0 Å². The van der Waals surface area contributed by atoms with Crippen LogP contribution >= 0.6 is 0 Å². The minimum atomic E-state index is -0.191. The van der Waals surface area contributed by atoms with E-state index in [-0.39, 0.29) is 11.9 Å². The molecule has 0 aliphatic carbocycles. The zero-order valence-corrected chi connectivity index (χ0v) is 12.6. The normalized spacial score (nSPS) is 20.4. The lowest BCUT2D eigenvalue weighted by molar-refractivity contribution is -0.132. The molecule has 20 heavy (non-hydrogen) atoms. The monoisotopic (exact) mass is 274 g/mol. The summed E-state index contributed by atoms with van der Waals surface area (Å²) in [5.41, 5.74) is 7.20. The highest BCUT2D eigenvalue weighted by Crippen LogP contribution is 2.25. The van der Waals surface area contributed by atoms with Crippen LogP contribution in [0.2, 0.25) is 0 Å². The first-order chi connectivity index (χ1) is 9.58. The van der Waals surface area contributed by atoms with Crippen LogP contribution in [0.25, 0.3) is 0 Å². The Morgan fingerprint density at radius 2 is 2.05 bits per heavy atom. The van der Waals surface area contributed by atoms with Crippen LogP contribution in [0.4, 0.5) is 0 Å². The third kappa shape index (κ3) is 3.83. The number of rotatable bonds is 5. The summed E-state index contributed by atoms with van der Waals surface area (Å²) < 4.78 is 0. The van der Waals surface area contributed by atoms with Crippen LogP contribution in [-0.4, -0.2) is 23.4 Å². The molecule has 110 valence electrons. The van der Waals surface area contributed by atoms with Gasteiger partial charge in [0.05, 0.1) is 0 Å². The second-order valence-electron chi connectivity index (χ2n) is 6.23. The van der Waals surface area contributed by atoms with Crippen molar-refractivity contribution in [1.29, 1.82) is 0 Å². The number of nitrogens with two attached hydrogens (primary N) is 1. The fraction of sp³-hybridized carbons (Fsp3) is 0.588. The van der Waals surface area contributed by atoms with Crippen LogP contribution in [-0.2, 0) is 4.79 Å². The predicted octanol–water partition coefficient (Wildman–Crippen LogP) is 3.11. The molecule has 1 aliphatic heterocycles. The summed E-state index contributed by atoms with van der Waals surface area (Å²) >= 11 is 0. The molecule has 0 radical (unpaired) electrons. The van der Waals surface area contributed by atoms with E-state index in [9.17, 15) is 4.79 Å². The molecule has 0 unspecified atom stereocenters. The quantitative estimate of drug-likeness (QED) is 0.896. The van der Waals surface area contributed by atoms with E-state index < -0.39 is 0 Å². The van der Waals surface area contributed by atoms with E-state index in [4.69, 9.17) is 5.73 Å². The smallest absolute Gasteiger partial charge is 0.224 e. The standard InChI is InChI=1S/C17H26N2O/c1-13(2)11-15-9-6-10-19(15)17(20)12-16(18)14-7-4-3-5-8-14/h3-5,7-8,13,15-16H,6,9-12,18H2,1-2H3/t15-,16-/m0/s1. The second kappa shape index (κ2) is 6.89. The van der Waals surface area contributed by atoms with Crippen molar-refractivity contribution >= 4 is 5.91 Å². The summed E-state index contributed by atoms with van der Waals surface area (Å²) in [5.74, 6) is 0.848. The van der Waals surface area contributed by atoms with Gasteiger partial charge in [-0.15, -0.1) is 0 Å². The van der Waals surface area contributed by atoms with Crippen molar-refractivity contribution in [2.24, 2.45) is 11.7 Å². The van der Waals surface area contributed by atoms with Gasteiger partial charge in [0.1, 0.15) is 0 Å². The lowest BCUT2D eigenvalue weighted by Crippen LogP contribution is -2.37. The lowest BCUT2D eigenvalue weighted by atomic mass is 10.0. The third-order valence-electron chi connectivity index (χ3n) is 4.06. The first-order valence-corrected chi connectivity index (χ1v) is 7.68. The largest absolute Gasteiger partial charge is 0.340 e. The van der Waals surface area contributed by atoms with Gasteiger partial charge in [-0.3, -0.25) is 4.79 Å². The Labute approximate surface area is 122 Å². The first-order valence-electron chi connectivity index (χ1n) is 7.68. The Morgan fingerprint density at radius 3 is 2.70 bits per heavy atom. The Morgan fingerprint density at radius 1 is 1.35 bits per heavy atom. The Hall–Kier alpha value is -1.35. The molecule has 0 saturated carbocycles. The molecule has 3 heteroatoms. The second-order valence-corrected chi connectivity index (χ2v) is 6.23. The zero-order chi connectivity index (χ0) is 14.5. The topological polar surface area (TPSA) is 46.3 Å². The molecule has 2 atom stereocenters. The highest BCUT2D eigenvalue weighted by Gasteiger charge is 2.29. The molecule has 2 N–H and O–H groups in total. The molecule has 1 saturated heterocycles. The SMILES string of the molecule is CC(C)C[C@@H]1CCCN1C(=O)C[C@H](N)c1ccccc1. The minimum Gasteiger partial charge on any atom is -0.340 e. The molecule has 1 aliphatic rings. The van der Waals surface area contributed by atoms with Crippen LogP contribution < -0.4 is 5.73 Å². The van der Waals surface area contributed by atoms with Gasteiger partial charge >= 0.3 is 0 Å². The van der Waals surface area contributed by atoms with Crippen LogP contribution in [0.1, 0.15) is 51.1 Å². The molecule has 1 amide bonds. The van der Waals surface area contributed by atoms with E-state index in [0.29, 0.717) is 18.4 Å². The molecule has 3 nitrogen and oxygen atoms in total. The first kappa shape index (κ1) is 15.0. The van der Waals surface area contributed by atoms with Crippen molar-refractivity contribution in [2.75, 3.05) is 6.54 Å². The number of carbonyl (C=O) groups excluding carboxylic acids is 1. The van der Waals surface area contributed by atoms with Gasteiger partial charge in [0, 0.05) is 25.0 Å². The Kier molecular flexibility index (Phi) is 5.18. The minimum absolute atomic E-state index is 0.191. The number of benzene rings is 1. The number of hydrogen-bond acceptors (Lipinski definition) is 2. The van der Waals surface area contributed by atoms with Crippen molar-refractivity contribution in [1.82, 2.24) is 4.90 Å². The molecular weight excluding hydrogens is 248 g/mol. The van der Waals surface area contributed by atoms with E-state index in [0.717, 1.165) is 31.4 Å². The molecule has 0 bridgehead atoms. The Bertz CT molecular complexity index is 430. The van der Waals surface area contributed by atoms with Crippen LogP contribution in [0.15, 0.2) is 30.3 Å². The number of nitrogens with zero attached hydrogens (tertiary/aromatic N) is 1. The summed E-state index contributed by atoms with van der Waals surface area (Å²) in [6.45, 7) is 5.34. The lowest BCUT2D eigenvalue weighted by Gasteiger charge is -2.27. The maximum absolute atomic E-state index is 12.5. The van der Waals surface area contributed by atoms with E-state index in [1.807, 2.05) is 30.3 Å². The van der Waals surface area contributed by atoms with Gasteiger partial charge < -0.3 is 10.6 Å². The zero-order valence-electron chi connectivity index (χ0n) is 12.6. The number of hydrogen-bond donors (Lipinski definition) is 1. The molecule has 1 aromatic carbocycles. The van der Waals surface area contributed by atoms with Gasteiger partial charge in [-0.05, 0) is 30.7 Å². The number of likely N-dealkylation sites (tertiary alicyclic amines) is 1. The van der Waals surface area contributed by atoms with E-state index in [2.05, 4.69) is 18.7 Å². The van der Waals surface area contributed by atoms with Gasteiger partial charge in [-0.2, -0.15) is 0 Å². The Balaban J connectivity index is 1.94. The molecule has 1 heterocycles. The van der Waals surface area contributed by atoms with Gasteiger partial charge in [-0.25, -0.2) is 0 Å². The average molecular weight is 274 g/mol. The summed E-state index contributed by atoms with van der Waals surface area (Å²) in [4.78, 5) is 14.5. The molecule has 1 aromatic rings. The van der Waals surface area contributed by atoms with Crippen LogP contribution in [0.5, 0.6) is 0 Å². The summed E-state index contributed by atoms with van der Waals surface area (Å²) in [7, 11) is 0. The highest BCUT2D eigenvalue weighted by atomic mass is 16.2. The fourth-order valence-electron chi connectivity index (χ4n) is 3.08. The van der Waals surface area contributed by atoms with Crippen molar-refractivity contribution < 1.29 is 4.79 Å². The third-order valence-corrected chi connectivity index (χ3v) is 4.06. The summed E-state index contributed by atoms with van der Waals surface area (Å²) in [5, 5.41) is 0. The molecular formula is C17H26N2O. The summed E-state index contributed by atoms with van der Waals surface area (Å²) in [6, 6.07) is 10.1. The highest BCUT2D eigenvalue weighted by molar-refractivity contribution is 5.77. The van der Waals surface area contributed by atoms with Gasteiger partial charge in [0.25, 0.3) is 0 Å². The molecule has 0 spiro atoms. The maximum Gasteiger partial charge on any atom is 0.224 e. The number of amides is 1. The van der Waals surface area contributed by atoms with Crippen molar-refractivity contribution in [2.45, 2.75) is 51.6 Å². The maximum atomic E-state index is 12.5. The average Bonchev–Trinajstić information content (AvgIpc) is 2.87.